The van der Waals surface area contributed by atoms with E-state index in [1.807, 2.05) is 17.0 Å². The van der Waals surface area contributed by atoms with Crippen LogP contribution in [0.5, 0.6) is 0 Å². The maximum absolute atomic E-state index is 11.5. The van der Waals surface area contributed by atoms with Crippen molar-refractivity contribution in [2.75, 3.05) is 31.2 Å². The lowest BCUT2D eigenvalue weighted by atomic mass is 10.1. The van der Waals surface area contributed by atoms with Crippen LogP contribution in [0.3, 0.4) is 0 Å². The number of carboxylic acids is 1. The summed E-state index contributed by atoms with van der Waals surface area (Å²) in [7, 11) is 0. The zero-order chi connectivity index (χ0) is 14.8. The van der Waals surface area contributed by atoms with Crippen molar-refractivity contribution >= 4 is 34.0 Å². The van der Waals surface area contributed by atoms with Gasteiger partial charge in [0.1, 0.15) is 4.88 Å². The van der Waals surface area contributed by atoms with Crippen LogP contribution >= 0.6 is 22.9 Å². The Kier molecular flexibility index (Phi) is 4.10. The standard InChI is InChI=1S/C14H13ClN2O3S/c15-10-4-2-1-3-9(10)11-12(13(18)19)21-14(16-11)17-5-7-20-8-6-17/h1-4H,5-8H2,(H,18,19). The number of anilines is 1. The number of halogens is 1. The topological polar surface area (TPSA) is 62.7 Å². The van der Waals surface area contributed by atoms with Gasteiger partial charge in [0, 0.05) is 18.7 Å². The maximum Gasteiger partial charge on any atom is 0.348 e. The summed E-state index contributed by atoms with van der Waals surface area (Å²) in [5, 5.41) is 10.6. The highest BCUT2D eigenvalue weighted by Gasteiger charge is 2.23. The largest absolute Gasteiger partial charge is 0.477 e. The third-order valence-electron chi connectivity index (χ3n) is 3.22. The Morgan fingerprint density at radius 3 is 2.71 bits per heavy atom. The van der Waals surface area contributed by atoms with E-state index in [-0.39, 0.29) is 4.88 Å². The van der Waals surface area contributed by atoms with Crippen LogP contribution in [0.25, 0.3) is 11.3 Å². The lowest BCUT2D eigenvalue weighted by molar-refractivity contribution is 0.0702. The molecule has 21 heavy (non-hydrogen) atoms. The number of carboxylic acid groups (broad SMARTS) is 1. The highest BCUT2D eigenvalue weighted by molar-refractivity contribution is 7.17. The molecule has 7 heteroatoms. The van der Waals surface area contributed by atoms with Gasteiger partial charge in [-0.25, -0.2) is 9.78 Å². The molecule has 1 aliphatic heterocycles. The van der Waals surface area contributed by atoms with Gasteiger partial charge in [-0.1, -0.05) is 41.1 Å². The molecule has 0 saturated carbocycles. The molecule has 1 saturated heterocycles. The van der Waals surface area contributed by atoms with Gasteiger partial charge in [0.25, 0.3) is 0 Å². The van der Waals surface area contributed by atoms with E-state index in [0.717, 1.165) is 0 Å². The fourth-order valence-electron chi connectivity index (χ4n) is 2.18. The van der Waals surface area contributed by atoms with Crippen molar-refractivity contribution in [3.63, 3.8) is 0 Å². The lowest BCUT2D eigenvalue weighted by Gasteiger charge is -2.26. The Hall–Kier alpha value is -1.63. The Labute approximate surface area is 130 Å². The zero-order valence-electron chi connectivity index (χ0n) is 11.1. The van der Waals surface area contributed by atoms with Gasteiger partial charge in [-0.15, -0.1) is 0 Å². The molecule has 0 bridgehead atoms. The Morgan fingerprint density at radius 2 is 2.05 bits per heavy atom. The summed E-state index contributed by atoms with van der Waals surface area (Å²) >= 11 is 7.35. The zero-order valence-corrected chi connectivity index (χ0v) is 12.7. The summed E-state index contributed by atoms with van der Waals surface area (Å²) in [6.45, 7) is 2.69. The predicted octanol–water partition coefficient (Wildman–Crippen LogP) is 3.00. The van der Waals surface area contributed by atoms with Crippen LogP contribution in [0.4, 0.5) is 5.13 Å². The van der Waals surface area contributed by atoms with Gasteiger partial charge < -0.3 is 14.7 Å². The number of rotatable bonds is 3. The van der Waals surface area contributed by atoms with Gasteiger partial charge in [0.2, 0.25) is 0 Å². The quantitative estimate of drug-likeness (QED) is 0.940. The van der Waals surface area contributed by atoms with Crippen LogP contribution < -0.4 is 4.90 Å². The number of carbonyl (C=O) groups is 1. The number of morpholine rings is 1. The third-order valence-corrected chi connectivity index (χ3v) is 4.65. The lowest BCUT2D eigenvalue weighted by Crippen LogP contribution is -2.36. The molecule has 0 atom stereocenters. The van der Waals surface area contributed by atoms with Crippen LogP contribution in [-0.4, -0.2) is 42.4 Å². The van der Waals surface area contributed by atoms with Crippen molar-refractivity contribution in [1.82, 2.24) is 4.98 Å². The summed E-state index contributed by atoms with van der Waals surface area (Å²) < 4.78 is 5.31. The molecule has 0 spiro atoms. The molecule has 1 fully saturated rings. The average molecular weight is 325 g/mol. The van der Waals surface area contributed by atoms with E-state index in [9.17, 15) is 9.90 Å². The van der Waals surface area contributed by atoms with Crippen LogP contribution in [0.1, 0.15) is 9.67 Å². The highest BCUT2D eigenvalue weighted by atomic mass is 35.5. The number of thiazole rings is 1. The van der Waals surface area contributed by atoms with Crippen molar-refractivity contribution < 1.29 is 14.6 Å². The Morgan fingerprint density at radius 1 is 1.33 bits per heavy atom. The molecule has 0 radical (unpaired) electrons. The molecule has 0 amide bonds. The summed E-state index contributed by atoms with van der Waals surface area (Å²) in [5.74, 6) is -0.984. The van der Waals surface area contributed by atoms with Crippen molar-refractivity contribution in [2.45, 2.75) is 0 Å². The van der Waals surface area contributed by atoms with Crippen LogP contribution in [-0.2, 0) is 4.74 Å². The molecule has 2 heterocycles. The van der Waals surface area contributed by atoms with Gasteiger partial charge in [-0.2, -0.15) is 0 Å². The molecule has 5 nitrogen and oxygen atoms in total. The molecule has 0 aliphatic carbocycles. The summed E-state index contributed by atoms with van der Waals surface area (Å²) in [4.78, 5) is 18.3. The number of aromatic nitrogens is 1. The van der Waals surface area contributed by atoms with Crippen molar-refractivity contribution in [2.24, 2.45) is 0 Å². The highest BCUT2D eigenvalue weighted by Crippen LogP contribution is 2.36. The first-order chi connectivity index (χ1) is 10.2. The minimum Gasteiger partial charge on any atom is -0.477 e. The average Bonchev–Trinajstić information content (AvgIpc) is 2.94. The molecule has 2 aromatic rings. The Bertz CT molecular complexity index is 668. The van der Waals surface area contributed by atoms with E-state index in [4.69, 9.17) is 16.3 Å². The number of aromatic carboxylic acids is 1. The smallest absolute Gasteiger partial charge is 0.348 e. The normalized spacial score (nSPS) is 15.2. The first kappa shape index (κ1) is 14.3. The third kappa shape index (κ3) is 2.88. The van der Waals surface area contributed by atoms with E-state index in [1.54, 1.807) is 12.1 Å². The molecule has 1 aromatic heterocycles. The van der Waals surface area contributed by atoms with Gasteiger partial charge in [-0.3, -0.25) is 0 Å². The number of benzene rings is 1. The van der Waals surface area contributed by atoms with Crippen molar-refractivity contribution in [3.8, 4) is 11.3 Å². The van der Waals surface area contributed by atoms with E-state index >= 15 is 0 Å². The fraction of sp³-hybridized carbons (Fsp3) is 0.286. The minimum atomic E-state index is -0.984. The molecule has 0 unspecified atom stereocenters. The van der Waals surface area contributed by atoms with Crippen molar-refractivity contribution in [1.29, 1.82) is 0 Å². The number of ether oxygens (including phenoxy) is 1. The van der Waals surface area contributed by atoms with E-state index in [2.05, 4.69) is 4.98 Å². The van der Waals surface area contributed by atoms with Gasteiger partial charge >= 0.3 is 5.97 Å². The Balaban J connectivity index is 2.05. The van der Waals surface area contributed by atoms with Gasteiger partial charge in [0.05, 0.1) is 23.9 Å². The number of hydrogen-bond acceptors (Lipinski definition) is 5. The van der Waals surface area contributed by atoms with E-state index in [0.29, 0.717) is 47.7 Å². The SMILES string of the molecule is O=C(O)c1sc(N2CCOCC2)nc1-c1ccccc1Cl. The monoisotopic (exact) mass is 324 g/mol. The minimum absolute atomic E-state index is 0.213. The fourth-order valence-corrected chi connectivity index (χ4v) is 3.38. The molecular weight excluding hydrogens is 312 g/mol. The van der Waals surface area contributed by atoms with Crippen LogP contribution in [0, 0.1) is 0 Å². The molecule has 1 N–H and O–H groups in total. The van der Waals surface area contributed by atoms with Gasteiger partial charge in [0.15, 0.2) is 5.13 Å². The first-order valence-electron chi connectivity index (χ1n) is 6.48. The first-order valence-corrected chi connectivity index (χ1v) is 7.68. The molecule has 3 rings (SSSR count). The second kappa shape index (κ2) is 6.01. The summed E-state index contributed by atoms with van der Waals surface area (Å²) in [5.41, 5.74) is 1.08. The number of hydrogen-bond donors (Lipinski definition) is 1. The summed E-state index contributed by atoms with van der Waals surface area (Å²) in [6.07, 6.45) is 0. The maximum atomic E-state index is 11.5. The van der Waals surface area contributed by atoms with Crippen molar-refractivity contribution in [3.05, 3.63) is 34.2 Å². The van der Waals surface area contributed by atoms with E-state index < -0.39 is 5.97 Å². The van der Waals surface area contributed by atoms with Crippen LogP contribution in [0.15, 0.2) is 24.3 Å². The molecular formula is C14H13ClN2O3S. The van der Waals surface area contributed by atoms with Crippen LogP contribution in [0.2, 0.25) is 5.02 Å². The summed E-state index contributed by atoms with van der Waals surface area (Å²) in [6, 6.07) is 7.14. The molecule has 1 aliphatic rings. The molecule has 1 aromatic carbocycles. The van der Waals surface area contributed by atoms with E-state index in [1.165, 1.54) is 11.3 Å². The van der Waals surface area contributed by atoms with Gasteiger partial charge in [-0.05, 0) is 6.07 Å². The second-order valence-corrected chi connectivity index (χ2v) is 5.94. The molecule has 110 valence electrons. The second-order valence-electron chi connectivity index (χ2n) is 4.56. The number of nitrogens with zero attached hydrogens (tertiary/aromatic N) is 2. The predicted molar refractivity (Wildman–Crippen MR) is 82.6 cm³/mol.